The molecule has 0 spiro atoms. The van der Waals surface area contributed by atoms with Gasteiger partial charge in [0.15, 0.2) is 5.43 Å². The Hall–Kier alpha value is -1.13. The molecule has 88 valence electrons. The molecule has 0 radical (unpaired) electrons. The summed E-state index contributed by atoms with van der Waals surface area (Å²) < 4.78 is 6.59. The lowest BCUT2D eigenvalue weighted by atomic mass is 9.93. The third kappa shape index (κ3) is 1.81. The van der Waals surface area contributed by atoms with E-state index >= 15 is 0 Å². The molecule has 2 aromatic rings. The molecular formula is C13H11BrO3. The van der Waals surface area contributed by atoms with Crippen LogP contribution in [-0.2, 0) is 12.8 Å². The number of fused-ring (bicyclic) bond motifs is 2. The second-order valence-electron chi connectivity index (χ2n) is 4.37. The summed E-state index contributed by atoms with van der Waals surface area (Å²) in [6.45, 7) is 0. The highest BCUT2D eigenvalue weighted by atomic mass is 79.9. The number of hydrogen-bond donors (Lipinski definition) is 1. The van der Waals surface area contributed by atoms with Crippen LogP contribution in [0.3, 0.4) is 0 Å². The van der Waals surface area contributed by atoms with Gasteiger partial charge in [-0.2, -0.15) is 0 Å². The molecule has 1 aromatic heterocycles. The minimum absolute atomic E-state index is 0.0127. The molecule has 17 heavy (non-hydrogen) atoms. The van der Waals surface area contributed by atoms with Gasteiger partial charge in [0, 0.05) is 22.9 Å². The number of hydrogen-bond acceptors (Lipinski definition) is 3. The molecule has 0 saturated carbocycles. The molecule has 0 bridgehead atoms. The Morgan fingerprint density at radius 3 is 3.06 bits per heavy atom. The van der Waals surface area contributed by atoms with Crippen molar-refractivity contribution < 1.29 is 9.52 Å². The summed E-state index contributed by atoms with van der Waals surface area (Å²) in [6.07, 6.45) is 1.28. The third-order valence-corrected chi connectivity index (χ3v) is 3.67. The molecule has 0 fully saturated rings. The van der Waals surface area contributed by atoms with Gasteiger partial charge in [0.25, 0.3) is 0 Å². The molecule has 4 heteroatoms. The molecular weight excluding hydrogens is 284 g/mol. The summed E-state index contributed by atoms with van der Waals surface area (Å²) in [5.74, 6) is 0.732. The smallest absolute Gasteiger partial charge is 0.196 e. The van der Waals surface area contributed by atoms with Crippen LogP contribution in [0, 0.1) is 0 Å². The second-order valence-corrected chi connectivity index (χ2v) is 5.29. The monoisotopic (exact) mass is 294 g/mol. The fourth-order valence-electron chi connectivity index (χ4n) is 2.30. The number of benzene rings is 1. The molecule has 1 atom stereocenters. The van der Waals surface area contributed by atoms with Crippen molar-refractivity contribution in [3.63, 3.8) is 0 Å². The SMILES string of the molecule is O=c1c2c(oc3ccc(Br)cc13)CCC(O)C2. The average Bonchev–Trinajstić information content (AvgIpc) is 2.32. The van der Waals surface area contributed by atoms with Gasteiger partial charge in [-0.25, -0.2) is 0 Å². The highest BCUT2D eigenvalue weighted by molar-refractivity contribution is 9.10. The van der Waals surface area contributed by atoms with Gasteiger partial charge >= 0.3 is 0 Å². The maximum atomic E-state index is 12.3. The maximum Gasteiger partial charge on any atom is 0.196 e. The predicted octanol–water partition coefficient (Wildman–Crippen LogP) is 2.41. The molecule has 1 aromatic carbocycles. The van der Waals surface area contributed by atoms with E-state index in [2.05, 4.69) is 15.9 Å². The van der Waals surface area contributed by atoms with Crippen LogP contribution in [0.15, 0.2) is 31.9 Å². The lowest BCUT2D eigenvalue weighted by molar-refractivity contribution is 0.153. The van der Waals surface area contributed by atoms with Crippen LogP contribution in [0.5, 0.6) is 0 Å². The van der Waals surface area contributed by atoms with E-state index in [0.717, 1.165) is 10.2 Å². The molecule has 3 nitrogen and oxygen atoms in total. The van der Waals surface area contributed by atoms with Crippen molar-refractivity contribution in [2.75, 3.05) is 0 Å². The number of rotatable bonds is 0. The normalized spacial score (nSPS) is 19.3. The first kappa shape index (κ1) is 11.0. The van der Waals surface area contributed by atoms with Gasteiger partial charge in [0.1, 0.15) is 11.3 Å². The van der Waals surface area contributed by atoms with Gasteiger partial charge in [-0.3, -0.25) is 4.79 Å². The second kappa shape index (κ2) is 3.96. The van der Waals surface area contributed by atoms with Crippen LogP contribution in [0.1, 0.15) is 17.7 Å². The zero-order valence-electron chi connectivity index (χ0n) is 9.07. The van der Waals surface area contributed by atoms with Crippen LogP contribution in [0.4, 0.5) is 0 Å². The van der Waals surface area contributed by atoms with E-state index in [1.807, 2.05) is 6.07 Å². The highest BCUT2D eigenvalue weighted by Crippen LogP contribution is 2.24. The molecule has 0 amide bonds. The molecule has 1 unspecified atom stereocenters. The Balaban J connectivity index is 2.33. The first-order chi connectivity index (χ1) is 8.15. The summed E-state index contributed by atoms with van der Waals surface area (Å²) in [5.41, 5.74) is 1.24. The molecule has 1 heterocycles. The largest absolute Gasteiger partial charge is 0.461 e. The summed E-state index contributed by atoms with van der Waals surface area (Å²) in [4.78, 5) is 12.3. The molecule has 1 aliphatic rings. The third-order valence-electron chi connectivity index (χ3n) is 3.17. The van der Waals surface area contributed by atoms with Gasteiger partial charge in [-0.05, 0) is 24.6 Å². The van der Waals surface area contributed by atoms with Crippen molar-refractivity contribution in [3.05, 3.63) is 44.2 Å². The van der Waals surface area contributed by atoms with Crippen molar-refractivity contribution in [1.29, 1.82) is 0 Å². The van der Waals surface area contributed by atoms with Crippen molar-refractivity contribution in [1.82, 2.24) is 0 Å². The Labute approximate surface area is 106 Å². The Kier molecular flexibility index (Phi) is 2.56. The molecule has 1 aliphatic carbocycles. The minimum atomic E-state index is -0.421. The number of aliphatic hydroxyl groups is 1. The number of aliphatic hydroxyl groups excluding tert-OH is 1. The van der Waals surface area contributed by atoms with E-state index in [0.29, 0.717) is 35.8 Å². The van der Waals surface area contributed by atoms with E-state index in [-0.39, 0.29) is 5.43 Å². The summed E-state index contributed by atoms with van der Waals surface area (Å²) in [5, 5.41) is 10.2. The van der Waals surface area contributed by atoms with Crippen LogP contribution in [0.2, 0.25) is 0 Å². The molecule has 0 aliphatic heterocycles. The van der Waals surface area contributed by atoms with Gasteiger partial charge in [-0.1, -0.05) is 15.9 Å². The number of halogens is 1. The van der Waals surface area contributed by atoms with Crippen molar-refractivity contribution >= 4 is 26.9 Å². The van der Waals surface area contributed by atoms with Gasteiger partial charge < -0.3 is 9.52 Å². The molecule has 0 saturated heterocycles. The fraction of sp³-hybridized carbons (Fsp3) is 0.308. The summed E-state index contributed by atoms with van der Waals surface area (Å²) >= 11 is 3.34. The van der Waals surface area contributed by atoms with Crippen molar-refractivity contribution in [3.8, 4) is 0 Å². The van der Waals surface area contributed by atoms with Gasteiger partial charge in [0.05, 0.1) is 11.5 Å². The van der Waals surface area contributed by atoms with E-state index in [1.54, 1.807) is 12.1 Å². The average molecular weight is 295 g/mol. The molecule has 1 N–H and O–H groups in total. The summed E-state index contributed by atoms with van der Waals surface area (Å²) in [7, 11) is 0. The standard InChI is InChI=1S/C13H11BrO3/c14-7-1-3-11-9(5-7)13(16)10-6-8(15)2-4-12(10)17-11/h1,3,5,8,15H,2,4,6H2. The number of aryl methyl sites for hydroxylation is 1. The summed E-state index contributed by atoms with van der Waals surface area (Å²) in [6, 6.07) is 5.42. The Morgan fingerprint density at radius 1 is 1.41 bits per heavy atom. The van der Waals surface area contributed by atoms with Gasteiger partial charge in [-0.15, -0.1) is 0 Å². The quantitative estimate of drug-likeness (QED) is 0.812. The lowest BCUT2D eigenvalue weighted by Crippen LogP contribution is -2.25. The topological polar surface area (TPSA) is 50.4 Å². The Bertz CT molecular complexity index is 645. The maximum absolute atomic E-state index is 12.3. The highest BCUT2D eigenvalue weighted by Gasteiger charge is 2.22. The zero-order chi connectivity index (χ0) is 12.0. The van der Waals surface area contributed by atoms with Crippen molar-refractivity contribution in [2.24, 2.45) is 0 Å². The van der Waals surface area contributed by atoms with Crippen LogP contribution in [-0.4, -0.2) is 11.2 Å². The lowest BCUT2D eigenvalue weighted by Gasteiger charge is -2.19. The predicted molar refractivity (Wildman–Crippen MR) is 68.2 cm³/mol. The first-order valence-electron chi connectivity index (χ1n) is 5.57. The molecule has 3 rings (SSSR count). The van der Waals surface area contributed by atoms with E-state index in [1.165, 1.54) is 0 Å². The van der Waals surface area contributed by atoms with Gasteiger partial charge in [0.2, 0.25) is 0 Å². The van der Waals surface area contributed by atoms with Crippen LogP contribution in [0.25, 0.3) is 11.0 Å². The van der Waals surface area contributed by atoms with Crippen LogP contribution >= 0.6 is 15.9 Å². The minimum Gasteiger partial charge on any atom is -0.461 e. The first-order valence-corrected chi connectivity index (χ1v) is 6.36. The zero-order valence-corrected chi connectivity index (χ0v) is 10.7. The fourth-order valence-corrected chi connectivity index (χ4v) is 2.66. The van der Waals surface area contributed by atoms with E-state index in [4.69, 9.17) is 4.42 Å². The van der Waals surface area contributed by atoms with Crippen molar-refractivity contribution in [2.45, 2.75) is 25.4 Å². The Morgan fingerprint density at radius 2 is 2.24 bits per heavy atom. The van der Waals surface area contributed by atoms with E-state index in [9.17, 15) is 9.90 Å². The van der Waals surface area contributed by atoms with E-state index < -0.39 is 6.10 Å². The van der Waals surface area contributed by atoms with Crippen LogP contribution < -0.4 is 5.43 Å².